The van der Waals surface area contributed by atoms with E-state index < -0.39 is 23.9 Å². The molecule has 2 N–H and O–H groups in total. The fourth-order valence-corrected chi connectivity index (χ4v) is 6.11. The molecule has 194 valence electrons. The second-order valence-corrected chi connectivity index (χ2v) is 10.4. The molecule has 0 spiro atoms. The average Bonchev–Trinajstić information content (AvgIpc) is 3.37. The summed E-state index contributed by atoms with van der Waals surface area (Å²) in [5.41, 5.74) is 2.94. The van der Waals surface area contributed by atoms with E-state index in [1.807, 2.05) is 30.3 Å². The number of aromatic nitrogens is 1. The van der Waals surface area contributed by atoms with E-state index in [9.17, 15) is 18.8 Å². The predicted octanol–water partition coefficient (Wildman–Crippen LogP) is 5.20. The van der Waals surface area contributed by atoms with Gasteiger partial charge in [0.1, 0.15) is 11.7 Å². The molecular formula is C30H33FN2O4. The number of fused-ring (bicyclic) bond motifs is 1. The number of ketones is 1. The van der Waals surface area contributed by atoms with Gasteiger partial charge in [0.05, 0.1) is 0 Å². The van der Waals surface area contributed by atoms with Crippen LogP contribution in [-0.4, -0.2) is 35.3 Å². The summed E-state index contributed by atoms with van der Waals surface area (Å²) in [6.07, 6.45) is 5.97. The number of halogens is 1. The van der Waals surface area contributed by atoms with Crippen LogP contribution in [0.25, 0.3) is 10.9 Å². The minimum absolute atomic E-state index is 0.146. The Balaban J connectivity index is 1.56. The molecular weight excluding hydrogens is 471 g/mol. The number of benzene rings is 2. The fourth-order valence-electron chi connectivity index (χ4n) is 6.11. The number of rotatable bonds is 8. The Kier molecular flexibility index (Phi) is 7.40. The van der Waals surface area contributed by atoms with Crippen LogP contribution >= 0.6 is 0 Å². The van der Waals surface area contributed by atoms with Gasteiger partial charge in [-0.05, 0) is 48.1 Å². The number of amides is 1. The summed E-state index contributed by atoms with van der Waals surface area (Å²) in [5.74, 6) is -2.41. The van der Waals surface area contributed by atoms with Gasteiger partial charge in [-0.3, -0.25) is 14.4 Å². The first kappa shape index (κ1) is 25.2. The first-order chi connectivity index (χ1) is 17.9. The third kappa shape index (κ3) is 5.31. The number of hydrogen-bond donors (Lipinski definition) is 2. The zero-order valence-corrected chi connectivity index (χ0v) is 21.1. The minimum atomic E-state index is -0.992. The van der Waals surface area contributed by atoms with Gasteiger partial charge in [0.15, 0.2) is 11.9 Å². The van der Waals surface area contributed by atoms with Gasteiger partial charge in [-0.25, -0.2) is 4.39 Å². The quantitative estimate of drug-likeness (QED) is 0.326. The van der Waals surface area contributed by atoms with E-state index in [-0.39, 0.29) is 17.5 Å². The van der Waals surface area contributed by atoms with Crippen molar-refractivity contribution in [3.8, 4) is 0 Å². The highest BCUT2D eigenvalue weighted by molar-refractivity contribution is 6.08. The smallest absolute Gasteiger partial charge is 0.318 e. The molecule has 3 atom stereocenters. The zero-order valence-electron chi connectivity index (χ0n) is 21.1. The van der Waals surface area contributed by atoms with Crippen molar-refractivity contribution in [1.29, 1.82) is 0 Å². The van der Waals surface area contributed by atoms with Crippen molar-refractivity contribution in [1.82, 2.24) is 10.3 Å². The van der Waals surface area contributed by atoms with Crippen molar-refractivity contribution >= 4 is 28.6 Å². The molecule has 2 heterocycles. The third-order valence-electron chi connectivity index (χ3n) is 7.86. The van der Waals surface area contributed by atoms with Gasteiger partial charge in [0.25, 0.3) is 0 Å². The second kappa shape index (κ2) is 10.9. The van der Waals surface area contributed by atoms with Gasteiger partial charge in [-0.2, -0.15) is 0 Å². The Hall–Kier alpha value is -3.48. The van der Waals surface area contributed by atoms with E-state index >= 15 is 0 Å². The number of carbonyl (C=O) groups excluding carboxylic acids is 3. The van der Waals surface area contributed by atoms with E-state index in [2.05, 4.69) is 10.3 Å². The average molecular weight is 505 g/mol. The van der Waals surface area contributed by atoms with Crippen LogP contribution in [-0.2, 0) is 25.5 Å². The molecule has 7 heteroatoms. The molecule has 6 nitrogen and oxygen atoms in total. The van der Waals surface area contributed by atoms with Crippen molar-refractivity contribution in [3.63, 3.8) is 0 Å². The predicted molar refractivity (Wildman–Crippen MR) is 138 cm³/mol. The highest BCUT2D eigenvalue weighted by Crippen LogP contribution is 2.42. The number of ether oxygens (including phenoxy) is 1. The van der Waals surface area contributed by atoms with Crippen molar-refractivity contribution in [3.05, 3.63) is 71.2 Å². The van der Waals surface area contributed by atoms with Crippen LogP contribution in [0.2, 0.25) is 0 Å². The highest BCUT2D eigenvalue weighted by atomic mass is 19.1. The molecule has 1 saturated heterocycles. The van der Waals surface area contributed by atoms with Crippen molar-refractivity contribution in [2.75, 3.05) is 6.54 Å². The summed E-state index contributed by atoms with van der Waals surface area (Å²) in [6, 6.07) is 14.0. The van der Waals surface area contributed by atoms with Crippen LogP contribution in [0.1, 0.15) is 68.2 Å². The molecule has 5 rings (SSSR count). The molecule has 2 fully saturated rings. The third-order valence-corrected chi connectivity index (χ3v) is 7.86. The molecule has 1 amide bonds. The lowest BCUT2D eigenvalue weighted by Crippen LogP contribution is -2.29. The molecule has 3 unspecified atom stereocenters. The summed E-state index contributed by atoms with van der Waals surface area (Å²) in [4.78, 5) is 42.0. The number of aromatic amines is 1. The summed E-state index contributed by atoms with van der Waals surface area (Å²) in [5, 5.41) is 3.63. The van der Waals surface area contributed by atoms with Gasteiger partial charge in [0, 0.05) is 36.0 Å². The summed E-state index contributed by atoms with van der Waals surface area (Å²) in [7, 11) is 0. The first-order valence-corrected chi connectivity index (χ1v) is 13.3. The van der Waals surface area contributed by atoms with Gasteiger partial charge in [-0.1, -0.05) is 62.4 Å². The maximum Gasteiger partial charge on any atom is 0.318 e. The van der Waals surface area contributed by atoms with Gasteiger partial charge < -0.3 is 15.0 Å². The van der Waals surface area contributed by atoms with Gasteiger partial charge in [0.2, 0.25) is 5.91 Å². The molecule has 1 saturated carbocycles. The number of Topliss-reactive ketones (excluding diaryl/α,β-unsaturated/α-hetero) is 1. The number of carbonyl (C=O) groups is 3. The van der Waals surface area contributed by atoms with Crippen molar-refractivity contribution in [2.24, 2.45) is 11.8 Å². The van der Waals surface area contributed by atoms with Crippen LogP contribution in [0, 0.1) is 17.7 Å². The molecule has 1 aliphatic heterocycles. The summed E-state index contributed by atoms with van der Waals surface area (Å²) < 4.78 is 19.9. The number of nitrogens with one attached hydrogen (secondary N) is 2. The molecule has 2 aliphatic rings. The van der Waals surface area contributed by atoms with E-state index in [0.717, 1.165) is 42.2 Å². The van der Waals surface area contributed by atoms with Crippen LogP contribution < -0.4 is 5.32 Å². The molecule has 0 radical (unpaired) electrons. The standard InChI is InChI=1S/C30H33FN2O4/c1-18(34)32-15-14-23-22-13-12-21(31)17-24(22)33-28(23)26(20-10-6-3-7-11-20)27-29(35)25(37-30(27)36)16-19-8-4-2-5-9-19/h3,6-7,10-13,17,19,25-27,33H,2,4-5,8-9,14-16H2,1H3,(H,32,34). The Morgan fingerprint density at radius 1 is 1.11 bits per heavy atom. The lowest BCUT2D eigenvalue weighted by Gasteiger charge is -2.24. The molecule has 37 heavy (non-hydrogen) atoms. The maximum atomic E-state index is 14.2. The van der Waals surface area contributed by atoms with E-state index in [1.165, 1.54) is 25.5 Å². The minimum Gasteiger partial charge on any atom is -0.454 e. The monoisotopic (exact) mass is 504 g/mol. The first-order valence-electron chi connectivity index (χ1n) is 13.3. The van der Waals surface area contributed by atoms with Crippen molar-refractivity contribution < 1.29 is 23.5 Å². The number of esters is 1. The van der Waals surface area contributed by atoms with E-state index in [0.29, 0.717) is 36.5 Å². The van der Waals surface area contributed by atoms with Gasteiger partial charge in [-0.15, -0.1) is 0 Å². The number of cyclic esters (lactones) is 1. The van der Waals surface area contributed by atoms with E-state index in [1.54, 1.807) is 6.07 Å². The molecule has 2 aromatic carbocycles. The Labute approximate surface area is 216 Å². The molecule has 3 aromatic rings. The summed E-state index contributed by atoms with van der Waals surface area (Å²) >= 11 is 0. The lowest BCUT2D eigenvalue weighted by molar-refractivity contribution is -0.145. The van der Waals surface area contributed by atoms with Crippen molar-refractivity contribution in [2.45, 2.75) is 63.9 Å². The topological polar surface area (TPSA) is 88.3 Å². The Bertz CT molecular complexity index is 1300. The molecule has 1 aromatic heterocycles. The van der Waals surface area contributed by atoms with E-state index in [4.69, 9.17) is 4.74 Å². The lowest BCUT2D eigenvalue weighted by atomic mass is 9.77. The largest absolute Gasteiger partial charge is 0.454 e. The van der Waals surface area contributed by atoms with Gasteiger partial charge >= 0.3 is 5.97 Å². The van der Waals surface area contributed by atoms with Crippen LogP contribution in [0.3, 0.4) is 0 Å². The van der Waals surface area contributed by atoms with Crippen LogP contribution in [0.5, 0.6) is 0 Å². The fraction of sp³-hybridized carbons (Fsp3) is 0.433. The SMILES string of the molecule is CC(=O)NCCc1c(C(c2ccccc2)C2C(=O)OC(CC3CCCCC3)C2=O)[nH]c2cc(F)ccc12. The van der Waals surface area contributed by atoms with Crippen LogP contribution in [0.15, 0.2) is 48.5 Å². The maximum absolute atomic E-state index is 14.2. The molecule has 1 aliphatic carbocycles. The zero-order chi connectivity index (χ0) is 25.9. The highest BCUT2D eigenvalue weighted by Gasteiger charge is 2.50. The Morgan fingerprint density at radius 2 is 1.86 bits per heavy atom. The number of H-pyrrole nitrogens is 1. The normalized spacial score (nSPS) is 21.2. The van der Waals surface area contributed by atoms with Crippen LogP contribution in [0.4, 0.5) is 4.39 Å². The Morgan fingerprint density at radius 3 is 2.59 bits per heavy atom. The number of hydrogen-bond acceptors (Lipinski definition) is 4. The molecule has 0 bridgehead atoms. The second-order valence-electron chi connectivity index (χ2n) is 10.4. The summed E-state index contributed by atoms with van der Waals surface area (Å²) in [6.45, 7) is 1.83.